The molecule has 0 aliphatic carbocycles. The summed E-state index contributed by atoms with van der Waals surface area (Å²) < 4.78 is 7.08. The molecule has 8 nitrogen and oxygen atoms in total. The fourth-order valence-electron chi connectivity index (χ4n) is 2.39. The van der Waals surface area contributed by atoms with Crippen LogP contribution in [0.4, 0.5) is 0 Å². The van der Waals surface area contributed by atoms with E-state index in [1.165, 1.54) is 4.57 Å². The van der Waals surface area contributed by atoms with Crippen LogP contribution in [0.3, 0.4) is 0 Å². The first-order chi connectivity index (χ1) is 11.4. The van der Waals surface area contributed by atoms with Gasteiger partial charge in [-0.15, -0.1) is 0 Å². The highest BCUT2D eigenvalue weighted by Gasteiger charge is 2.24. The molecule has 24 heavy (non-hydrogen) atoms. The van der Waals surface area contributed by atoms with Gasteiger partial charge in [-0.3, -0.25) is 9.36 Å². The van der Waals surface area contributed by atoms with Gasteiger partial charge in [-0.1, -0.05) is 0 Å². The van der Waals surface area contributed by atoms with Gasteiger partial charge in [0, 0.05) is 11.8 Å². The van der Waals surface area contributed by atoms with Crippen molar-refractivity contribution in [1.29, 1.82) is 0 Å². The number of hydrogen-bond donors (Lipinski definition) is 2. The first-order valence-electron chi connectivity index (χ1n) is 7.32. The summed E-state index contributed by atoms with van der Waals surface area (Å²) in [5, 5.41) is 18.3. The standard InChI is InChI=1S/C16H18N2O6/c1-3-24-12-6-4-11(5-7-12)17-10(2)8-14(20)18(16(17)23)13(9-19)15(21)22/h4-8,13,19H,3,9H2,1-2H3,(H,21,22)/t13-/m0/s1. The highest BCUT2D eigenvalue weighted by atomic mass is 16.5. The van der Waals surface area contributed by atoms with Gasteiger partial charge in [0.1, 0.15) is 5.75 Å². The number of carboxylic acid groups (broad SMARTS) is 1. The van der Waals surface area contributed by atoms with Crippen molar-refractivity contribution in [3.05, 3.63) is 56.9 Å². The molecule has 1 aromatic heterocycles. The van der Waals surface area contributed by atoms with Crippen LogP contribution < -0.4 is 16.0 Å². The van der Waals surface area contributed by atoms with Crippen LogP contribution in [0.15, 0.2) is 39.9 Å². The molecule has 0 aliphatic rings. The Hall–Kier alpha value is -2.87. The van der Waals surface area contributed by atoms with Crippen molar-refractivity contribution in [2.24, 2.45) is 0 Å². The summed E-state index contributed by atoms with van der Waals surface area (Å²) in [6.07, 6.45) is 0. The van der Waals surface area contributed by atoms with Crippen molar-refractivity contribution in [3.8, 4) is 11.4 Å². The fourth-order valence-corrected chi connectivity index (χ4v) is 2.39. The summed E-state index contributed by atoms with van der Waals surface area (Å²) >= 11 is 0. The molecule has 0 fully saturated rings. The molecule has 0 spiro atoms. The van der Waals surface area contributed by atoms with Crippen LogP contribution in [-0.4, -0.2) is 38.5 Å². The van der Waals surface area contributed by atoms with Crippen molar-refractivity contribution >= 4 is 5.97 Å². The number of nitrogens with zero attached hydrogens (tertiary/aromatic N) is 2. The number of rotatable bonds is 6. The Morgan fingerprint density at radius 2 is 1.88 bits per heavy atom. The molecule has 2 aromatic rings. The SMILES string of the molecule is CCOc1ccc(-n2c(C)cc(=O)n([C@@H](CO)C(=O)O)c2=O)cc1. The number of carbonyl (C=O) groups is 1. The van der Waals surface area contributed by atoms with Gasteiger partial charge in [-0.05, 0) is 38.1 Å². The minimum absolute atomic E-state index is 0.354. The second kappa shape index (κ2) is 7.14. The monoisotopic (exact) mass is 334 g/mol. The lowest BCUT2D eigenvalue weighted by Gasteiger charge is -2.17. The third-order valence-electron chi connectivity index (χ3n) is 3.50. The third kappa shape index (κ3) is 3.23. The van der Waals surface area contributed by atoms with E-state index in [1.54, 1.807) is 31.2 Å². The Labute approximate surface area is 137 Å². The van der Waals surface area contributed by atoms with Crippen molar-refractivity contribution in [1.82, 2.24) is 9.13 Å². The highest BCUT2D eigenvalue weighted by molar-refractivity contribution is 5.71. The van der Waals surface area contributed by atoms with Gasteiger partial charge in [-0.25, -0.2) is 14.2 Å². The summed E-state index contributed by atoms with van der Waals surface area (Å²) in [6, 6.07) is 6.11. The minimum Gasteiger partial charge on any atom is -0.494 e. The van der Waals surface area contributed by atoms with E-state index in [0.29, 0.717) is 28.3 Å². The Morgan fingerprint density at radius 1 is 1.25 bits per heavy atom. The smallest absolute Gasteiger partial charge is 0.336 e. The van der Waals surface area contributed by atoms with Gasteiger partial charge in [0.25, 0.3) is 5.56 Å². The highest BCUT2D eigenvalue weighted by Crippen LogP contribution is 2.15. The van der Waals surface area contributed by atoms with Gasteiger partial charge in [0.2, 0.25) is 0 Å². The molecule has 0 saturated heterocycles. The minimum atomic E-state index is -1.64. The molecule has 1 atom stereocenters. The predicted molar refractivity (Wildman–Crippen MR) is 86.0 cm³/mol. The maximum atomic E-state index is 12.6. The van der Waals surface area contributed by atoms with Gasteiger partial charge in [0.15, 0.2) is 6.04 Å². The van der Waals surface area contributed by atoms with Crippen molar-refractivity contribution in [2.45, 2.75) is 19.9 Å². The molecule has 0 saturated carbocycles. The summed E-state index contributed by atoms with van der Waals surface area (Å²) in [5.74, 6) is -0.835. The zero-order chi connectivity index (χ0) is 17.9. The molecule has 1 heterocycles. The number of carboxylic acids is 1. The third-order valence-corrected chi connectivity index (χ3v) is 3.50. The fraction of sp³-hybridized carbons (Fsp3) is 0.312. The molecule has 0 bridgehead atoms. The van der Waals surface area contributed by atoms with Crippen LogP contribution in [0.25, 0.3) is 5.69 Å². The second-order valence-corrected chi connectivity index (χ2v) is 5.08. The van der Waals surface area contributed by atoms with Crippen LogP contribution in [0.1, 0.15) is 18.7 Å². The topological polar surface area (TPSA) is 111 Å². The van der Waals surface area contributed by atoms with Gasteiger partial charge in [-0.2, -0.15) is 0 Å². The van der Waals surface area contributed by atoms with E-state index in [-0.39, 0.29) is 0 Å². The lowest BCUT2D eigenvalue weighted by molar-refractivity contribution is -0.142. The molecule has 0 aliphatic heterocycles. The molecular weight excluding hydrogens is 316 g/mol. The van der Waals surface area contributed by atoms with Crippen LogP contribution >= 0.6 is 0 Å². The van der Waals surface area contributed by atoms with E-state index in [9.17, 15) is 19.5 Å². The van der Waals surface area contributed by atoms with Crippen LogP contribution in [-0.2, 0) is 4.79 Å². The molecule has 1 aromatic carbocycles. The van der Waals surface area contributed by atoms with Crippen LogP contribution in [0.5, 0.6) is 5.75 Å². The number of aryl methyl sites for hydroxylation is 1. The van der Waals surface area contributed by atoms with Crippen molar-refractivity contribution in [2.75, 3.05) is 13.2 Å². The summed E-state index contributed by atoms with van der Waals surface area (Å²) in [6.45, 7) is 3.05. The molecular formula is C16H18N2O6. The van der Waals surface area contributed by atoms with Crippen molar-refractivity contribution < 1.29 is 19.7 Å². The molecule has 2 N–H and O–H groups in total. The Balaban J connectivity index is 2.65. The number of benzene rings is 1. The Morgan fingerprint density at radius 3 is 2.38 bits per heavy atom. The molecule has 0 amide bonds. The molecule has 128 valence electrons. The van der Waals surface area contributed by atoms with Crippen molar-refractivity contribution in [3.63, 3.8) is 0 Å². The summed E-state index contributed by atoms with van der Waals surface area (Å²) in [4.78, 5) is 35.9. The second-order valence-electron chi connectivity index (χ2n) is 5.08. The number of aliphatic carboxylic acids is 1. The number of aromatic nitrogens is 2. The average Bonchev–Trinajstić information content (AvgIpc) is 2.52. The molecule has 8 heteroatoms. The lowest BCUT2D eigenvalue weighted by atomic mass is 10.2. The molecule has 0 unspecified atom stereocenters. The predicted octanol–water partition coefficient (Wildman–Crippen LogP) is 0.324. The zero-order valence-corrected chi connectivity index (χ0v) is 13.3. The maximum absolute atomic E-state index is 12.6. The first-order valence-corrected chi connectivity index (χ1v) is 7.32. The van der Waals surface area contributed by atoms with Crippen LogP contribution in [0, 0.1) is 6.92 Å². The Bertz CT molecular complexity index is 850. The number of aliphatic hydroxyl groups is 1. The van der Waals surface area contributed by atoms with Gasteiger partial charge in [0.05, 0.1) is 18.9 Å². The first kappa shape index (κ1) is 17.5. The summed E-state index contributed by atoms with van der Waals surface area (Å²) in [7, 11) is 0. The van der Waals surface area contributed by atoms with Gasteiger partial charge >= 0.3 is 11.7 Å². The van der Waals surface area contributed by atoms with E-state index in [4.69, 9.17) is 9.84 Å². The largest absolute Gasteiger partial charge is 0.494 e. The van der Waals surface area contributed by atoms with Crippen LogP contribution in [0.2, 0.25) is 0 Å². The van der Waals surface area contributed by atoms with E-state index >= 15 is 0 Å². The van der Waals surface area contributed by atoms with E-state index in [1.807, 2.05) is 6.92 Å². The lowest BCUT2D eigenvalue weighted by Crippen LogP contribution is -2.45. The number of ether oxygens (including phenoxy) is 1. The number of aliphatic hydroxyl groups excluding tert-OH is 1. The van der Waals surface area contributed by atoms with E-state index in [2.05, 4.69) is 0 Å². The zero-order valence-electron chi connectivity index (χ0n) is 13.3. The van der Waals surface area contributed by atoms with Gasteiger partial charge < -0.3 is 14.9 Å². The van der Waals surface area contributed by atoms with E-state index < -0.39 is 29.9 Å². The summed E-state index contributed by atoms with van der Waals surface area (Å²) in [5.41, 5.74) is -0.795. The Kier molecular flexibility index (Phi) is 5.20. The maximum Gasteiger partial charge on any atom is 0.336 e. The normalized spacial score (nSPS) is 12.0. The number of hydrogen-bond acceptors (Lipinski definition) is 5. The molecule has 2 rings (SSSR count). The quantitative estimate of drug-likeness (QED) is 0.787. The molecule has 0 radical (unpaired) electrons. The average molecular weight is 334 g/mol. The van der Waals surface area contributed by atoms with E-state index in [0.717, 1.165) is 6.07 Å².